The Labute approximate surface area is 226 Å². The number of methoxy groups -OCH3 is 1. The Kier molecular flexibility index (Phi) is 8.82. The molecule has 200 valence electrons. The molecule has 0 saturated carbocycles. The summed E-state index contributed by atoms with van der Waals surface area (Å²) in [5, 5.41) is 0. The molecule has 2 heterocycles. The van der Waals surface area contributed by atoms with Crippen LogP contribution in [0.4, 0.5) is 4.79 Å². The maximum absolute atomic E-state index is 12.4. The van der Waals surface area contributed by atoms with Gasteiger partial charge in [0.25, 0.3) is 0 Å². The van der Waals surface area contributed by atoms with Crippen molar-refractivity contribution < 1.29 is 19.1 Å². The summed E-state index contributed by atoms with van der Waals surface area (Å²) in [6.45, 7) is 7.13. The number of aromatic nitrogens is 1. The Morgan fingerprint density at radius 3 is 2.37 bits per heavy atom. The highest BCUT2D eigenvalue weighted by atomic mass is 16.6. The SMILES string of the molecule is COc1ccc(C(CCc2ccc(C3CCN(C(=O)OC(C)(C)C)CC3)cc2)c2ccccc2C=O)cn1. The van der Waals surface area contributed by atoms with Gasteiger partial charge in [-0.3, -0.25) is 4.79 Å². The van der Waals surface area contributed by atoms with Crippen LogP contribution in [0.3, 0.4) is 0 Å². The second kappa shape index (κ2) is 12.2. The second-order valence-electron chi connectivity index (χ2n) is 11.0. The van der Waals surface area contributed by atoms with Gasteiger partial charge in [0.05, 0.1) is 7.11 Å². The molecule has 6 heteroatoms. The number of hydrogen-bond donors (Lipinski definition) is 0. The van der Waals surface area contributed by atoms with Crippen molar-refractivity contribution >= 4 is 12.4 Å². The van der Waals surface area contributed by atoms with Gasteiger partial charge in [0, 0.05) is 36.8 Å². The fourth-order valence-electron chi connectivity index (χ4n) is 5.15. The number of piperidine rings is 1. The molecule has 1 aliphatic heterocycles. The van der Waals surface area contributed by atoms with Crippen molar-refractivity contribution in [3.8, 4) is 5.88 Å². The molecule has 38 heavy (non-hydrogen) atoms. The Morgan fingerprint density at radius 2 is 1.76 bits per heavy atom. The van der Waals surface area contributed by atoms with E-state index >= 15 is 0 Å². The first kappa shape index (κ1) is 27.4. The number of carbonyl (C=O) groups is 2. The summed E-state index contributed by atoms with van der Waals surface area (Å²) < 4.78 is 10.8. The second-order valence-corrected chi connectivity index (χ2v) is 11.0. The van der Waals surface area contributed by atoms with E-state index in [4.69, 9.17) is 9.47 Å². The van der Waals surface area contributed by atoms with Crippen LogP contribution in [0, 0.1) is 0 Å². The van der Waals surface area contributed by atoms with Crippen molar-refractivity contribution in [2.24, 2.45) is 0 Å². The number of aldehydes is 1. The Balaban J connectivity index is 1.41. The van der Waals surface area contributed by atoms with Gasteiger partial charge in [0.1, 0.15) is 11.9 Å². The Morgan fingerprint density at radius 1 is 1.05 bits per heavy atom. The normalized spacial score (nSPS) is 15.1. The van der Waals surface area contributed by atoms with Crippen LogP contribution in [0.2, 0.25) is 0 Å². The molecule has 1 atom stereocenters. The van der Waals surface area contributed by atoms with Crippen LogP contribution >= 0.6 is 0 Å². The van der Waals surface area contributed by atoms with Crippen molar-refractivity contribution in [1.82, 2.24) is 9.88 Å². The first-order valence-corrected chi connectivity index (χ1v) is 13.4. The lowest BCUT2D eigenvalue weighted by atomic mass is 9.84. The van der Waals surface area contributed by atoms with E-state index in [0.717, 1.165) is 56.2 Å². The number of ether oxygens (including phenoxy) is 2. The minimum absolute atomic E-state index is 0.0478. The number of pyridine rings is 1. The van der Waals surface area contributed by atoms with E-state index in [1.165, 1.54) is 11.1 Å². The van der Waals surface area contributed by atoms with Crippen LogP contribution in [-0.2, 0) is 11.2 Å². The molecular weight excluding hydrogens is 476 g/mol. The van der Waals surface area contributed by atoms with Crippen molar-refractivity contribution in [2.75, 3.05) is 20.2 Å². The number of nitrogens with zero attached hydrogens (tertiary/aromatic N) is 2. The average molecular weight is 515 g/mol. The number of aryl methyl sites for hydroxylation is 1. The highest BCUT2D eigenvalue weighted by Crippen LogP contribution is 2.33. The molecule has 2 aromatic carbocycles. The third-order valence-electron chi connectivity index (χ3n) is 7.19. The minimum Gasteiger partial charge on any atom is -0.481 e. The van der Waals surface area contributed by atoms with Crippen LogP contribution in [0.25, 0.3) is 0 Å². The lowest BCUT2D eigenvalue weighted by molar-refractivity contribution is 0.0204. The largest absolute Gasteiger partial charge is 0.481 e. The van der Waals surface area contributed by atoms with Crippen molar-refractivity contribution in [3.05, 3.63) is 94.7 Å². The third-order valence-corrected chi connectivity index (χ3v) is 7.19. The number of amides is 1. The maximum Gasteiger partial charge on any atom is 0.410 e. The number of rotatable bonds is 8. The number of hydrogen-bond acceptors (Lipinski definition) is 5. The molecule has 0 aliphatic carbocycles. The lowest BCUT2D eigenvalue weighted by Crippen LogP contribution is -2.41. The highest BCUT2D eigenvalue weighted by Gasteiger charge is 2.27. The third kappa shape index (κ3) is 7.00. The van der Waals surface area contributed by atoms with Crippen molar-refractivity contribution in [3.63, 3.8) is 0 Å². The summed E-state index contributed by atoms with van der Waals surface area (Å²) >= 11 is 0. The Hall–Kier alpha value is -3.67. The number of carbonyl (C=O) groups excluding carboxylic acids is 2. The first-order valence-electron chi connectivity index (χ1n) is 13.4. The van der Waals surface area contributed by atoms with Crippen molar-refractivity contribution in [1.29, 1.82) is 0 Å². The molecule has 1 aliphatic rings. The fourth-order valence-corrected chi connectivity index (χ4v) is 5.15. The summed E-state index contributed by atoms with van der Waals surface area (Å²) in [6, 6.07) is 20.6. The van der Waals surface area contributed by atoms with Crippen LogP contribution in [-0.4, -0.2) is 48.1 Å². The zero-order valence-electron chi connectivity index (χ0n) is 22.9. The molecule has 1 fully saturated rings. The standard InChI is InChI=1S/C32H38N2O4/c1-32(2,3)38-31(36)34-19-17-25(18-20-34)24-12-9-23(10-13-24)11-15-29(26-14-16-30(37-4)33-21-26)28-8-6-5-7-27(28)22-35/h5-10,12-14,16,21-22,25,29H,11,15,17-20H2,1-4H3. The van der Waals surface area contributed by atoms with Gasteiger partial charge >= 0.3 is 6.09 Å². The quantitative estimate of drug-likeness (QED) is 0.310. The van der Waals surface area contributed by atoms with E-state index in [-0.39, 0.29) is 12.0 Å². The molecule has 4 rings (SSSR count). The molecule has 3 aromatic rings. The van der Waals surface area contributed by atoms with E-state index in [9.17, 15) is 9.59 Å². The van der Waals surface area contributed by atoms with Crippen LogP contribution in [0.15, 0.2) is 66.9 Å². The summed E-state index contributed by atoms with van der Waals surface area (Å²) in [6.07, 6.45) is 6.17. The van der Waals surface area contributed by atoms with Gasteiger partial charge in [0.2, 0.25) is 5.88 Å². The van der Waals surface area contributed by atoms with E-state index in [1.54, 1.807) is 7.11 Å². The molecule has 1 aromatic heterocycles. The zero-order chi connectivity index (χ0) is 27.1. The molecule has 1 unspecified atom stereocenters. The average Bonchev–Trinajstić information content (AvgIpc) is 2.93. The molecular formula is C32H38N2O4. The molecule has 0 N–H and O–H groups in total. The summed E-state index contributed by atoms with van der Waals surface area (Å²) in [5.74, 6) is 1.07. The zero-order valence-corrected chi connectivity index (χ0v) is 22.9. The van der Waals surface area contributed by atoms with E-state index in [2.05, 4.69) is 29.2 Å². The van der Waals surface area contributed by atoms with Crippen LogP contribution in [0.1, 0.15) is 84.5 Å². The lowest BCUT2D eigenvalue weighted by Gasteiger charge is -2.33. The number of likely N-dealkylation sites (tertiary alicyclic amines) is 1. The van der Waals surface area contributed by atoms with Crippen LogP contribution in [0.5, 0.6) is 5.88 Å². The van der Waals surface area contributed by atoms with Gasteiger partial charge in [0.15, 0.2) is 0 Å². The van der Waals surface area contributed by atoms with E-state index in [0.29, 0.717) is 17.4 Å². The monoisotopic (exact) mass is 514 g/mol. The van der Waals surface area contributed by atoms with Gasteiger partial charge in [-0.05, 0) is 74.6 Å². The molecule has 0 bridgehead atoms. The predicted octanol–water partition coefficient (Wildman–Crippen LogP) is 6.78. The fraction of sp³-hybridized carbons (Fsp3) is 0.406. The molecule has 1 saturated heterocycles. The summed E-state index contributed by atoms with van der Waals surface area (Å²) in [5.41, 5.74) is 4.90. The van der Waals surface area contributed by atoms with Gasteiger partial charge in [-0.15, -0.1) is 0 Å². The highest BCUT2D eigenvalue weighted by molar-refractivity contribution is 5.78. The van der Waals surface area contributed by atoms with Gasteiger partial charge in [-0.1, -0.05) is 54.6 Å². The van der Waals surface area contributed by atoms with Gasteiger partial charge < -0.3 is 14.4 Å². The molecule has 0 radical (unpaired) electrons. The first-order chi connectivity index (χ1) is 18.3. The smallest absolute Gasteiger partial charge is 0.410 e. The predicted molar refractivity (Wildman–Crippen MR) is 149 cm³/mol. The van der Waals surface area contributed by atoms with Crippen LogP contribution < -0.4 is 4.74 Å². The Bertz CT molecular complexity index is 1210. The summed E-state index contributed by atoms with van der Waals surface area (Å²) in [4.78, 5) is 30.4. The minimum atomic E-state index is -0.470. The van der Waals surface area contributed by atoms with E-state index in [1.807, 2.05) is 68.3 Å². The topological polar surface area (TPSA) is 68.7 Å². The maximum atomic E-state index is 12.4. The van der Waals surface area contributed by atoms with E-state index < -0.39 is 5.60 Å². The van der Waals surface area contributed by atoms with Gasteiger partial charge in [-0.2, -0.15) is 0 Å². The molecule has 0 spiro atoms. The van der Waals surface area contributed by atoms with Gasteiger partial charge in [-0.25, -0.2) is 9.78 Å². The summed E-state index contributed by atoms with van der Waals surface area (Å²) in [7, 11) is 1.61. The molecule has 6 nitrogen and oxygen atoms in total. The molecule has 1 amide bonds. The van der Waals surface area contributed by atoms with Crippen molar-refractivity contribution in [2.45, 2.75) is 63.9 Å². The number of benzene rings is 2.